The minimum Gasteiger partial charge on any atom is -0.367 e. The normalized spacial score (nSPS) is 11.1. The Kier molecular flexibility index (Phi) is 6.97. The van der Waals surface area contributed by atoms with E-state index in [1.54, 1.807) is 11.3 Å². The van der Waals surface area contributed by atoms with Crippen LogP contribution in [0.5, 0.6) is 0 Å². The van der Waals surface area contributed by atoms with E-state index in [0.717, 1.165) is 35.0 Å². The highest BCUT2D eigenvalue weighted by Gasteiger charge is 2.07. The van der Waals surface area contributed by atoms with Gasteiger partial charge >= 0.3 is 0 Å². The number of nitrogens with one attached hydrogen (secondary N) is 1. The van der Waals surface area contributed by atoms with E-state index >= 15 is 0 Å². The molecular weight excluding hydrogens is 412 g/mol. The van der Waals surface area contributed by atoms with Gasteiger partial charge < -0.3 is 4.90 Å². The molecule has 1 heterocycles. The number of anilines is 2. The molecule has 0 fully saturated rings. The highest BCUT2D eigenvalue weighted by molar-refractivity contribution is 7.14. The molecule has 162 valence electrons. The van der Waals surface area contributed by atoms with E-state index in [9.17, 15) is 0 Å². The van der Waals surface area contributed by atoms with Gasteiger partial charge in [-0.3, -0.25) is 5.43 Å². The summed E-state index contributed by atoms with van der Waals surface area (Å²) < 4.78 is 0. The molecule has 32 heavy (non-hydrogen) atoms. The first-order valence-corrected chi connectivity index (χ1v) is 11.7. The van der Waals surface area contributed by atoms with Gasteiger partial charge in [0, 0.05) is 29.7 Å². The Labute approximate surface area is 194 Å². The van der Waals surface area contributed by atoms with Crippen LogP contribution in [0, 0.1) is 13.8 Å². The second-order valence-corrected chi connectivity index (χ2v) is 8.68. The van der Waals surface area contributed by atoms with Crippen molar-refractivity contribution in [3.05, 3.63) is 100 Å². The van der Waals surface area contributed by atoms with E-state index in [0.29, 0.717) is 0 Å². The molecule has 0 saturated heterocycles. The lowest BCUT2D eigenvalue weighted by Gasteiger charge is -2.23. The topological polar surface area (TPSA) is 40.5 Å². The predicted octanol–water partition coefficient (Wildman–Crippen LogP) is 6.90. The van der Waals surface area contributed by atoms with Crippen LogP contribution in [0.3, 0.4) is 0 Å². The fourth-order valence-corrected chi connectivity index (χ4v) is 4.33. The van der Waals surface area contributed by atoms with Gasteiger partial charge in [0.1, 0.15) is 0 Å². The Morgan fingerprint density at radius 2 is 1.78 bits per heavy atom. The quantitative estimate of drug-likeness (QED) is 0.239. The first kappa shape index (κ1) is 21.8. The van der Waals surface area contributed by atoms with E-state index in [1.165, 1.54) is 22.4 Å². The number of hydrogen-bond acceptors (Lipinski definition) is 5. The molecule has 4 aromatic rings. The molecule has 0 bridgehead atoms. The van der Waals surface area contributed by atoms with Gasteiger partial charge in [0.2, 0.25) is 5.13 Å². The van der Waals surface area contributed by atoms with Gasteiger partial charge in [0.05, 0.1) is 11.9 Å². The molecule has 5 heteroatoms. The van der Waals surface area contributed by atoms with Crippen LogP contribution in [-0.2, 0) is 6.54 Å². The molecule has 3 aromatic carbocycles. The summed E-state index contributed by atoms with van der Waals surface area (Å²) in [6.45, 7) is 8.27. The van der Waals surface area contributed by atoms with Gasteiger partial charge in [-0.1, -0.05) is 66.2 Å². The number of hydrazone groups is 1. The number of hydrogen-bond donors (Lipinski definition) is 1. The zero-order valence-electron chi connectivity index (χ0n) is 18.7. The Hall–Kier alpha value is -3.44. The third-order valence-corrected chi connectivity index (χ3v) is 6.14. The predicted molar refractivity (Wildman–Crippen MR) is 138 cm³/mol. The summed E-state index contributed by atoms with van der Waals surface area (Å²) in [6.07, 6.45) is 1.83. The van der Waals surface area contributed by atoms with Crippen molar-refractivity contribution >= 4 is 28.4 Å². The van der Waals surface area contributed by atoms with Crippen molar-refractivity contribution in [2.45, 2.75) is 27.3 Å². The van der Waals surface area contributed by atoms with Crippen LogP contribution in [0.4, 0.5) is 10.8 Å². The first-order chi connectivity index (χ1) is 15.6. The summed E-state index contributed by atoms with van der Waals surface area (Å²) in [7, 11) is 0. The van der Waals surface area contributed by atoms with Gasteiger partial charge in [0.25, 0.3) is 0 Å². The van der Waals surface area contributed by atoms with Crippen molar-refractivity contribution < 1.29 is 0 Å². The smallest absolute Gasteiger partial charge is 0.203 e. The van der Waals surface area contributed by atoms with Crippen molar-refractivity contribution in [3.8, 4) is 11.3 Å². The van der Waals surface area contributed by atoms with Crippen LogP contribution >= 0.6 is 11.3 Å². The SMILES string of the molecule is CCN(Cc1ccccc1)c1ccc(/C=N\Nc2nc(-c3ccc(C)cc3C)cs2)cc1. The van der Waals surface area contributed by atoms with Crippen LogP contribution < -0.4 is 10.3 Å². The molecule has 0 aliphatic rings. The zero-order chi connectivity index (χ0) is 22.3. The molecule has 1 N–H and O–H groups in total. The number of aryl methyl sites for hydroxylation is 2. The lowest BCUT2D eigenvalue weighted by atomic mass is 10.0. The molecule has 4 nitrogen and oxygen atoms in total. The summed E-state index contributed by atoms with van der Waals surface area (Å²) in [5.41, 5.74) is 11.3. The van der Waals surface area contributed by atoms with Crippen molar-refractivity contribution in [1.82, 2.24) is 4.98 Å². The van der Waals surface area contributed by atoms with Crippen LogP contribution in [0.15, 0.2) is 83.3 Å². The minimum absolute atomic E-state index is 0.785. The molecule has 0 spiro atoms. The highest BCUT2D eigenvalue weighted by atomic mass is 32.1. The van der Waals surface area contributed by atoms with Gasteiger partial charge in [-0.2, -0.15) is 5.10 Å². The number of aromatic nitrogens is 1. The molecule has 0 amide bonds. The maximum atomic E-state index is 4.68. The lowest BCUT2D eigenvalue weighted by Crippen LogP contribution is -2.21. The standard InChI is InChI=1S/C27H28N4S/c1-4-31(18-23-8-6-5-7-9-23)24-13-11-22(12-14-24)17-28-30-27-29-26(19-32-27)25-15-10-20(2)16-21(25)3/h5-17,19H,4,18H2,1-3H3,(H,29,30)/b28-17-. The van der Waals surface area contributed by atoms with Crippen molar-refractivity contribution in [1.29, 1.82) is 0 Å². The fourth-order valence-electron chi connectivity index (χ4n) is 3.67. The van der Waals surface area contributed by atoms with E-state index in [-0.39, 0.29) is 0 Å². The van der Waals surface area contributed by atoms with Gasteiger partial charge in [-0.05, 0) is 49.6 Å². The lowest BCUT2D eigenvalue weighted by molar-refractivity contribution is 0.832. The van der Waals surface area contributed by atoms with Crippen LogP contribution in [0.2, 0.25) is 0 Å². The second kappa shape index (κ2) is 10.2. The summed E-state index contributed by atoms with van der Waals surface area (Å²) in [4.78, 5) is 7.04. The maximum absolute atomic E-state index is 4.68. The average molecular weight is 441 g/mol. The molecule has 0 saturated carbocycles. The molecule has 0 atom stereocenters. The minimum atomic E-state index is 0.785. The highest BCUT2D eigenvalue weighted by Crippen LogP contribution is 2.28. The summed E-state index contributed by atoms with van der Waals surface area (Å²) >= 11 is 1.56. The summed E-state index contributed by atoms with van der Waals surface area (Å²) in [6, 6.07) is 25.5. The molecule has 0 radical (unpaired) electrons. The van der Waals surface area contributed by atoms with Crippen LogP contribution in [0.1, 0.15) is 29.2 Å². The third kappa shape index (κ3) is 5.42. The van der Waals surface area contributed by atoms with E-state index in [2.05, 4.69) is 119 Å². The molecule has 1 aromatic heterocycles. The summed E-state index contributed by atoms with van der Waals surface area (Å²) in [5, 5.41) is 7.23. The molecule has 0 aliphatic heterocycles. The fraction of sp³-hybridized carbons (Fsp3) is 0.185. The first-order valence-electron chi connectivity index (χ1n) is 10.8. The zero-order valence-corrected chi connectivity index (χ0v) is 19.6. The van der Waals surface area contributed by atoms with Crippen LogP contribution in [-0.4, -0.2) is 17.7 Å². The largest absolute Gasteiger partial charge is 0.367 e. The van der Waals surface area contributed by atoms with Gasteiger partial charge in [0.15, 0.2) is 0 Å². The molecule has 0 unspecified atom stereocenters. The Balaban J connectivity index is 1.37. The number of benzene rings is 3. The van der Waals surface area contributed by atoms with Gasteiger partial charge in [-0.25, -0.2) is 4.98 Å². The summed E-state index contributed by atoms with van der Waals surface area (Å²) in [5.74, 6) is 0. The second-order valence-electron chi connectivity index (χ2n) is 7.82. The monoisotopic (exact) mass is 440 g/mol. The Morgan fingerprint density at radius 3 is 2.50 bits per heavy atom. The maximum Gasteiger partial charge on any atom is 0.203 e. The molecule has 0 aliphatic carbocycles. The van der Waals surface area contributed by atoms with Crippen LogP contribution in [0.25, 0.3) is 11.3 Å². The molecular formula is C27H28N4S. The van der Waals surface area contributed by atoms with E-state index in [1.807, 2.05) is 6.21 Å². The van der Waals surface area contributed by atoms with Crippen molar-refractivity contribution in [3.63, 3.8) is 0 Å². The Morgan fingerprint density at radius 1 is 1.00 bits per heavy atom. The van der Waals surface area contributed by atoms with Gasteiger partial charge in [-0.15, -0.1) is 11.3 Å². The number of rotatable bonds is 8. The average Bonchev–Trinajstić information content (AvgIpc) is 3.27. The van der Waals surface area contributed by atoms with E-state index < -0.39 is 0 Å². The molecule has 4 rings (SSSR count). The van der Waals surface area contributed by atoms with E-state index in [4.69, 9.17) is 0 Å². The number of thiazole rings is 1. The number of nitrogens with zero attached hydrogens (tertiary/aromatic N) is 3. The Bertz CT molecular complexity index is 1180. The van der Waals surface area contributed by atoms with Crippen molar-refractivity contribution in [2.24, 2.45) is 5.10 Å². The third-order valence-electron chi connectivity index (χ3n) is 5.39. The van der Waals surface area contributed by atoms with Crippen molar-refractivity contribution in [2.75, 3.05) is 16.9 Å².